The fourth-order valence-corrected chi connectivity index (χ4v) is 1.78. The van der Waals surface area contributed by atoms with Crippen molar-refractivity contribution in [3.8, 4) is 0 Å². The van der Waals surface area contributed by atoms with E-state index in [4.69, 9.17) is 10.5 Å². The Morgan fingerprint density at radius 2 is 1.71 bits per heavy atom. The van der Waals surface area contributed by atoms with Crippen LogP contribution in [0.2, 0.25) is 0 Å². The number of carbonyl (C=O) groups excluding carboxylic acids is 3. The van der Waals surface area contributed by atoms with Crippen molar-refractivity contribution in [3.63, 3.8) is 0 Å². The van der Waals surface area contributed by atoms with Crippen molar-refractivity contribution in [2.75, 3.05) is 6.54 Å². The van der Waals surface area contributed by atoms with Gasteiger partial charge in [0.1, 0.15) is 19.2 Å². The van der Waals surface area contributed by atoms with Gasteiger partial charge in [-0.1, -0.05) is 44.2 Å². The van der Waals surface area contributed by atoms with E-state index in [1.165, 1.54) is 6.92 Å². The van der Waals surface area contributed by atoms with Crippen LogP contribution in [0, 0.1) is 5.92 Å². The van der Waals surface area contributed by atoms with Gasteiger partial charge in [0, 0.05) is 0 Å². The Morgan fingerprint density at radius 1 is 1.08 bits per heavy atom. The van der Waals surface area contributed by atoms with Gasteiger partial charge in [0.2, 0.25) is 11.8 Å². The van der Waals surface area contributed by atoms with Crippen molar-refractivity contribution in [3.05, 3.63) is 35.9 Å². The molecule has 0 saturated heterocycles. The maximum absolute atomic E-state index is 11.9. The lowest BCUT2D eigenvalue weighted by atomic mass is 10.0. The summed E-state index contributed by atoms with van der Waals surface area (Å²) in [6.07, 6.45) is 0. The SMILES string of the molecule is CC(C)[C@H](N)C(=O)N[C@@H](C)C(=O)NCC(=O)OCc1ccccc1. The number of carbonyl (C=O) groups is 3. The Bertz CT molecular complexity index is 560. The van der Waals surface area contributed by atoms with E-state index in [1.807, 2.05) is 44.2 Å². The second kappa shape index (κ2) is 9.67. The Balaban J connectivity index is 2.31. The van der Waals surface area contributed by atoms with E-state index in [9.17, 15) is 14.4 Å². The highest BCUT2D eigenvalue weighted by Crippen LogP contribution is 2.01. The molecule has 1 aromatic rings. The second-order valence-electron chi connectivity index (χ2n) is 5.86. The number of benzene rings is 1. The summed E-state index contributed by atoms with van der Waals surface area (Å²) in [4.78, 5) is 35.3. The smallest absolute Gasteiger partial charge is 0.325 e. The first-order valence-corrected chi connectivity index (χ1v) is 7.84. The number of amides is 2. The summed E-state index contributed by atoms with van der Waals surface area (Å²) in [7, 11) is 0. The van der Waals surface area contributed by atoms with Gasteiger partial charge in [0.15, 0.2) is 0 Å². The molecule has 0 unspecified atom stereocenters. The van der Waals surface area contributed by atoms with Gasteiger partial charge in [0.05, 0.1) is 6.04 Å². The third kappa shape index (κ3) is 6.78. The minimum absolute atomic E-state index is 0.0341. The molecule has 0 aliphatic carbocycles. The maximum atomic E-state index is 11.9. The van der Waals surface area contributed by atoms with E-state index in [1.54, 1.807) is 0 Å². The summed E-state index contributed by atoms with van der Waals surface area (Å²) in [6, 6.07) is 7.75. The molecule has 7 nitrogen and oxygen atoms in total. The van der Waals surface area contributed by atoms with Crippen LogP contribution in [0.5, 0.6) is 0 Å². The predicted octanol–water partition coefficient (Wildman–Crippen LogP) is 0.334. The summed E-state index contributed by atoms with van der Waals surface area (Å²) >= 11 is 0. The van der Waals surface area contributed by atoms with Gasteiger partial charge in [-0.15, -0.1) is 0 Å². The molecule has 0 bridgehead atoms. The average Bonchev–Trinajstić information content (AvgIpc) is 2.57. The molecule has 0 aliphatic heterocycles. The number of hydrogen-bond donors (Lipinski definition) is 3. The number of hydrogen-bond acceptors (Lipinski definition) is 5. The quantitative estimate of drug-likeness (QED) is 0.593. The van der Waals surface area contributed by atoms with E-state index in [0.29, 0.717) is 0 Å². The average molecular weight is 335 g/mol. The van der Waals surface area contributed by atoms with Gasteiger partial charge < -0.3 is 21.1 Å². The highest BCUT2D eigenvalue weighted by molar-refractivity contribution is 5.90. The highest BCUT2D eigenvalue weighted by atomic mass is 16.5. The molecule has 0 aliphatic rings. The molecule has 4 N–H and O–H groups in total. The second-order valence-corrected chi connectivity index (χ2v) is 5.86. The topological polar surface area (TPSA) is 111 Å². The molecular formula is C17H25N3O4. The van der Waals surface area contributed by atoms with Crippen molar-refractivity contribution in [2.45, 2.75) is 39.5 Å². The Labute approximate surface area is 141 Å². The first-order chi connectivity index (χ1) is 11.3. The van der Waals surface area contributed by atoms with Crippen molar-refractivity contribution < 1.29 is 19.1 Å². The summed E-state index contributed by atoms with van der Waals surface area (Å²) in [5.41, 5.74) is 6.57. The number of ether oxygens (including phenoxy) is 1. The molecular weight excluding hydrogens is 310 g/mol. The molecule has 0 radical (unpaired) electrons. The van der Waals surface area contributed by atoms with Gasteiger partial charge in [-0.2, -0.15) is 0 Å². The van der Waals surface area contributed by atoms with E-state index < -0.39 is 29.9 Å². The zero-order chi connectivity index (χ0) is 18.1. The van der Waals surface area contributed by atoms with E-state index in [-0.39, 0.29) is 19.1 Å². The van der Waals surface area contributed by atoms with Crippen LogP contribution in [0.15, 0.2) is 30.3 Å². The normalized spacial score (nSPS) is 13.0. The minimum Gasteiger partial charge on any atom is -0.460 e. The summed E-state index contributed by atoms with van der Waals surface area (Å²) in [5.74, 6) is -1.46. The fraction of sp³-hybridized carbons (Fsp3) is 0.471. The largest absolute Gasteiger partial charge is 0.460 e. The summed E-state index contributed by atoms with van der Waals surface area (Å²) in [5, 5.41) is 4.94. The van der Waals surface area contributed by atoms with Crippen molar-refractivity contribution >= 4 is 17.8 Å². The molecule has 0 aromatic heterocycles. The van der Waals surface area contributed by atoms with Gasteiger partial charge in [0.25, 0.3) is 0 Å². The van der Waals surface area contributed by atoms with Gasteiger partial charge in [-0.05, 0) is 18.4 Å². The fourth-order valence-electron chi connectivity index (χ4n) is 1.78. The van der Waals surface area contributed by atoms with Crippen LogP contribution < -0.4 is 16.4 Å². The highest BCUT2D eigenvalue weighted by Gasteiger charge is 2.22. The molecule has 0 saturated carbocycles. The molecule has 1 aromatic carbocycles. The Morgan fingerprint density at radius 3 is 2.29 bits per heavy atom. The molecule has 0 spiro atoms. The molecule has 0 fully saturated rings. The molecule has 2 atom stereocenters. The molecule has 24 heavy (non-hydrogen) atoms. The van der Waals surface area contributed by atoms with Gasteiger partial charge in [-0.3, -0.25) is 14.4 Å². The maximum Gasteiger partial charge on any atom is 0.325 e. The first-order valence-electron chi connectivity index (χ1n) is 7.84. The third-order valence-corrected chi connectivity index (χ3v) is 3.42. The zero-order valence-electron chi connectivity index (χ0n) is 14.2. The van der Waals surface area contributed by atoms with Crippen LogP contribution in [0.1, 0.15) is 26.3 Å². The first kappa shape index (κ1) is 19.6. The van der Waals surface area contributed by atoms with E-state index >= 15 is 0 Å². The van der Waals surface area contributed by atoms with Crippen LogP contribution in [0.4, 0.5) is 0 Å². The molecule has 1 rings (SSSR count). The van der Waals surface area contributed by atoms with Crippen LogP contribution in [0.3, 0.4) is 0 Å². The molecule has 132 valence electrons. The summed E-state index contributed by atoms with van der Waals surface area (Å²) < 4.78 is 5.05. The molecule has 0 heterocycles. The number of rotatable bonds is 8. The summed E-state index contributed by atoms with van der Waals surface area (Å²) in [6.45, 7) is 5.04. The van der Waals surface area contributed by atoms with Crippen molar-refractivity contribution in [1.29, 1.82) is 0 Å². The Hall–Kier alpha value is -2.41. The standard InChI is InChI=1S/C17H25N3O4/c1-11(2)15(18)17(23)20-12(3)16(22)19-9-14(21)24-10-13-7-5-4-6-8-13/h4-8,11-12,15H,9-10,18H2,1-3H3,(H,19,22)(H,20,23)/t12-,15-/m0/s1. The van der Waals surface area contributed by atoms with E-state index in [0.717, 1.165) is 5.56 Å². The number of nitrogens with two attached hydrogens (primary N) is 1. The van der Waals surface area contributed by atoms with E-state index in [2.05, 4.69) is 10.6 Å². The minimum atomic E-state index is -0.788. The van der Waals surface area contributed by atoms with Gasteiger partial charge in [-0.25, -0.2) is 0 Å². The van der Waals surface area contributed by atoms with Crippen LogP contribution in [-0.2, 0) is 25.7 Å². The van der Waals surface area contributed by atoms with Crippen molar-refractivity contribution in [1.82, 2.24) is 10.6 Å². The lowest BCUT2D eigenvalue weighted by Gasteiger charge is -2.19. The van der Waals surface area contributed by atoms with Crippen molar-refractivity contribution in [2.24, 2.45) is 11.7 Å². The molecule has 7 heteroatoms. The number of esters is 1. The monoisotopic (exact) mass is 335 g/mol. The molecule has 2 amide bonds. The number of nitrogens with one attached hydrogen (secondary N) is 2. The van der Waals surface area contributed by atoms with Crippen LogP contribution in [0.25, 0.3) is 0 Å². The van der Waals surface area contributed by atoms with Crippen LogP contribution >= 0.6 is 0 Å². The van der Waals surface area contributed by atoms with Gasteiger partial charge >= 0.3 is 5.97 Å². The predicted molar refractivity (Wildman–Crippen MR) is 89.7 cm³/mol. The lowest BCUT2D eigenvalue weighted by Crippen LogP contribution is -2.52. The van der Waals surface area contributed by atoms with Crippen LogP contribution in [-0.4, -0.2) is 36.4 Å². The Kier molecular flexibility index (Phi) is 7.91. The third-order valence-electron chi connectivity index (χ3n) is 3.42. The lowest BCUT2D eigenvalue weighted by molar-refractivity contribution is -0.145. The zero-order valence-corrected chi connectivity index (χ0v) is 14.2.